The van der Waals surface area contributed by atoms with Crippen LogP contribution in [0.15, 0.2) is 103 Å². The quantitative estimate of drug-likeness (QED) is 0.337. The van der Waals surface area contributed by atoms with Crippen LogP contribution in [-0.4, -0.2) is 11.7 Å². The molecule has 0 atom stereocenters. The number of hydrogen-bond acceptors (Lipinski definition) is 3. The summed E-state index contributed by atoms with van der Waals surface area (Å²) in [5.41, 5.74) is 9.04. The molecule has 0 unspecified atom stereocenters. The van der Waals surface area contributed by atoms with Gasteiger partial charge in [0, 0.05) is 29.0 Å². The van der Waals surface area contributed by atoms with Crippen molar-refractivity contribution in [2.45, 2.75) is 6.92 Å². The number of rotatable bonds is 2. The van der Waals surface area contributed by atoms with Gasteiger partial charge in [-0.05, 0) is 64.9 Å². The highest BCUT2D eigenvalue weighted by molar-refractivity contribution is 6.98. The van der Waals surface area contributed by atoms with Crippen LogP contribution in [0.1, 0.15) is 5.56 Å². The summed E-state index contributed by atoms with van der Waals surface area (Å²) in [5.74, 6) is 3.55. The Hall–Kier alpha value is -4.31. The van der Waals surface area contributed by atoms with Crippen LogP contribution < -0.4 is 25.9 Å². The fourth-order valence-electron chi connectivity index (χ4n) is 5.17. The van der Waals surface area contributed by atoms with Crippen LogP contribution in [0.25, 0.3) is 22.3 Å². The highest BCUT2D eigenvalue weighted by Gasteiger charge is 2.40. The lowest BCUT2D eigenvalue weighted by atomic mass is 9.34. The standard InChI is InChI=1S/C30H20BNO2/c1-19-16-22(18-32-17-19)20-10-12-21(13-11-20)23-14-15-28-29-30(23)34-27-9-5-3-7-25(27)31(29)24-6-2-4-8-26(24)33-28/h2-18H,1H3. The first-order valence-corrected chi connectivity index (χ1v) is 11.5. The van der Waals surface area contributed by atoms with Crippen LogP contribution in [0.5, 0.6) is 23.0 Å². The summed E-state index contributed by atoms with van der Waals surface area (Å²) < 4.78 is 12.9. The minimum absolute atomic E-state index is 0.0810. The number of nitrogens with zero attached hydrogens (tertiary/aromatic N) is 1. The molecule has 0 fully saturated rings. The Labute approximate surface area is 198 Å². The van der Waals surface area contributed by atoms with Gasteiger partial charge in [0.05, 0.1) is 0 Å². The first kappa shape index (κ1) is 19.2. The lowest BCUT2D eigenvalue weighted by Crippen LogP contribution is -2.57. The summed E-state index contributed by atoms with van der Waals surface area (Å²) in [7, 11) is 0. The van der Waals surface area contributed by atoms with Crippen LogP contribution in [0, 0.1) is 6.92 Å². The number of aromatic nitrogens is 1. The number of pyridine rings is 1. The largest absolute Gasteiger partial charge is 0.458 e. The van der Waals surface area contributed by atoms with Crippen molar-refractivity contribution >= 4 is 23.1 Å². The molecule has 3 nitrogen and oxygen atoms in total. The number of benzene rings is 4. The maximum Gasteiger partial charge on any atom is 0.260 e. The summed E-state index contributed by atoms with van der Waals surface area (Å²) in [6.45, 7) is 2.15. The van der Waals surface area contributed by atoms with E-state index in [1.807, 2.05) is 30.6 Å². The van der Waals surface area contributed by atoms with E-state index >= 15 is 0 Å². The summed E-state index contributed by atoms with van der Waals surface area (Å²) in [6, 6.07) is 31.6. The highest BCUT2D eigenvalue weighted by Crippen LogP contribution is 2.40. The fourth-order valence-corrected chi connectivity index (χ4v) is 5.17. The summed E-state index contributed by atoms with van der Waals surface area (Å²) >= 11 is 0. The molecule has 160 valence electrons. The zero-order valence-electron chi connectivity index (χ0n) is 18.7. The maximum absolute atomic E-state index is 6.57. The zero-order chi connectivity index (χ0) is 22.6. The van der Waals surface area contributed by atoms with Crippen molar-refractivity contribution in [2.75, 3.05) is 0 Å². The minimum Gasteiger partial charge on any atom is -0.458 e. The Morgan fingerprint density at radius 2 is 1.29 bits per heavy atom. The van der Waals surface area contributed by atoms with Crippen molar-refractivity contribution in [3.8, 4) is 45.3 Å². The van der Waals surface area contributed by atoms with Gasteiger partial charge in [-0.2, -0.15) is 0 Å². The van der Waals surface area contributed by atoms with E-state index in [1.54, 1.807) is 0 Å². The molecular formula is C30H20BNO2. The predicted octanol–water partition coefficient (Wildman–Crippen LogP) is 5.45. The van der Waals surface area contributed by atoms with Crippen LogP contribution in [0.2, 0.25) is 0 Å². The third-order valence-electron chi connectivity index (χ3n) is 6.74. The van der Waals surface area contributed by atoms with Gasteiger partial charge in [-0.15, -0.1) is 0 Å². The zero-order valence-corrected chi connectivity index (χ0v) is 18.7. The van der Waals surface area contributed by atoms with Crippen molar-refractivity contribution in [1.82, 2.24) is 4.98 Å². The molecule has 7 rings (SSSR count). The molecule has 4 aromatic carbocycles. The first-order chi connectivity index (χ1) is 16.8. The van der Waals surface area contributed by atoms with E-state index in [2.05, 4.69) is 84.7 Å². The monoisotopic (exact) mass is 437 g/mol. The Bertz CT molecular complexity index is 1560. The second-order valence-corrected chi connectivity index (χ2v) is 8.90. The van der Waals surface area contributed by atoms with E-state index in [0.717, 1.165) is 56.3 Å². The van der Waals surface area contributed by atoms with Gasteiger partial charge < -0.3 is 9.47 Å². The van der Waals surface area contributed by atoms with Crippen molar-refractivity contribution in [3.05, 3.63) is 109 Å². The van der Waals surface area contributed by atoms with Crippen molar-refractivity contribution in [3.63, 3.8) is 0 Å². The molecule has 0 radical (unpaired) electrons. The number of para-hydroxylation sites is 2. The number of hydrogen-bond donors (Lipinski definition) is 0. The fraction of sp³-hybridized carbons (Fsp3) is 0.0333. The molecule has 0 saturated heterocycles. The van der Waals surface area contributed by atoms with E-state index in [0.29, 0.717) is 0 Å². The van der Waals surface area contributed by atoms with E-state index in [4.69, 9.17) is 9.47 Å². The van der Waals surface area contributed by atoms with Crippen LogP contribution >= 0.6 is 0 Å². The van der Waals surface area contributed by atoms with E-state index in [-0.39, 0.29) is 6.71 Å². The van der Waals surface area contributed by atoms with Crippen molar-refractivity contribution in [1.29, 1.82) is 0 Å². The molecule has 1 aromatic heterocycles. The topological polar surface area (TPSA) is 31.4 Å². The van der Waals surface area contributed by atoms with Gasteiger partial charge >= 0.3 is 0 Å². The Morgan fingerprint density at radius 3 is 2.03 bits per heavy atom. The van der Waals surface area contributed by atoms with E-state index in [9.17, 15) is 0 Å². The normalized spacial score (nSPS) is 12.7. The molecule has 0 aliphatic carbocycles. The predicted molar refractivity (Wildman–Crippen MR) is 138 cm³/mol. The van der Waals surface area contributed by atoms with E-state index in [1.165, 1.54) is 10.9 Å². The van der Waals surface area contributed by atoms with Crippen molar-refractivity contribution < 1.29 is 9.47 Å². The van der Waals surface area contributed by atoms with Gasteiger partial charge in [0.25, 0.3) is 6.71 Å². The van der Waals surface area contributed by atoms with Gasteiger partial charge in [0.15, 0.2) is 0 Å². The van der Waals surface area contributed by atoms with E-state index < -0.39 is 0 Å². The lowest BCUT2D eigenvalue weighted by Gasteiger charge is -2.33. The van der Waals surface area contributed by atoms with Gasteiger partial charge in [-0.25, -0.2) is 0 Å². The molecule has 2 aliphatic heterocycles. The van der Waals surface area contributed by atoms with Crippen LogP contribution in [-0.2, 0) is 0 Å². The first-order valence-electron chi connectivity index (χ1n) is 11.5. The Morgan fingerprint density at radius 1 is 0.618 bits per heavy atom. The average molecular weight is 437 g/mol. The molecule has 34 heavy (non-hydrogen) atoms. The second-order valence-electron chi connectivity index (χ2n) is 8.90. The third kappa shape index (κ3) is 2.89. The lowest BCUT2D eigenvalue weighted by molar-refractivity contribution is 0.465. The van der Waals surface area contributed by atoms with Gasteiger partial charge in [0.2, 0.25) is 0 Å². The van der Waals surface area contributed by atoms with Crippen molar-refractivity contribution in [2.24, 2.45) is 0 Å². The molecule has 4 heteroatoms. The Balaban J connectivity index is 1.39. The molecular weight excluding hydrogens is 417 g/mol. The molecule has 0 N–H and O–H groups in total. The third-order valence-corrected chi connectivity index (χ3v) is 6.74. The molecule has 0 saturated carbocycles. The second kappa shape index (κ2) is 7.36. The minimum atomic E-state index is 0.0810. The van der Waals surface area contributed by atoms with Gasteiger partial charge in [-0.1, -0.05) is 60.7 Å². The number of ether oxygens (including phenoxy) is 2. The van der Waals surface area contributed by atoms with Gasteiger partial charge in [0.1, 0.15) is 23.0 Å². The smallest absolute Gasteiger partial charge is 0.260 e. The Kier molecular flexibility index (Phi) is 4.15. The number of aryl methyl sites for hydroxylation is 1. The van der Waals surface area contributed by atoms with Gasteiger partial charge in [-0.3, -0.25) is 4.98 Å². The maximum atomic E-state index is 6.57. The molecule has 0 amide bonds. The molecule has 5 aromatic rings. The summed E-state index contributed by atoms with van der Waals surface area (Å²) in [6.07, 6.45) is 3.78. The molecule has 0 bridgehead atoms. The summed E-state index contributed by atoms with van der Waals surface area (Å²) in [4.78, 5) is 4.34. The van der Waals surface area contributed by atoms with Crippen LogP contribution in [0.4, 0.5) is 0 Å². The number of fused-ring (bicyclic) bond motifs is 4. The molecule has 3 heterocycles. The average Bonchev–Trinajstić information content (AvgIpc) is 2.89. The highest BCUT2D eigenvalue weighted by atomic mass is 16.5. The summed E-state index contributed by atoms with van der Waals surface area (Å²) in [5, 5.41) is 0. The van der Waals surface area contributed by atoms with Crippen LogP contribution in [0.3, 0.4) is 0 Å². The molecule has 2 aliphatic rings. The molecule has 0 spiro atoms. The SMILES string of the molecule is Cc1cncc(-c2ccc(-c3ccc4c5c3Oc3ccccc3B5c3ccccc3O4)cc2)c1.